The third kappa shape index (κ3) is 2.76. The van der Waals surface area contributed by atoms with Crippen LogP contribution in [0, 0.1) is 3.57 Å². The topological polar surface area (TPSA) is 45.4 Å². The molecule has 0 radical (unpaired) electrons. The Morgan fingerprint density at radius 1 is 1.12 bits per heavy atom. The van der Waals surface area contributed by atoms with Crippen molar-refractivity contribution >= 4 is 28.3 Å². The first-order valence-electron chi connectivity index (χ1n) is 4.96. The van der Waals surface area contributed by atoms with Gasteiger partial charge in [-0.05, 0) is 46.9 Å². The van der Waals surface area contributed by atoms with E-state index in [4.69, 9.17) is 9.52 Å². The summed E-state index contributed by atoms with van der Waals surface area (Å²) in [4.78, 5) is 0. The van der Waals surface area contributed by atoms with Gasteiger partial charge < -0.3 is 14.8 Å². The molecular formula is C12H12INO2. The van der Waals surface area contributed by atoms with Crippen LogP contribution < -0.4 is 5.32 Å². The van der Waals surface area contributed by atoms with Crippen LogP contribution in [0.3, 0.4) is 0 Å². The molecule has 1 heterocycles. The van der Waals surface area contributed by atoms with E-state index in [-0.39, 0.29) is 6.61 Å². The largest absolute Gasteiger partial charge is 0.462 e. The van der Waals surface area contributed by atoms with Crippen LogP contribution in [0.1, 0.15) is 11.5 Å². The first-order valence-corrected chi connectivity index (χ1v) is 6.04. The minimum Gasteiger partial charge on any atom is -0.462 e. The molecule has 3 nitrogen and oxygen atoms in total. The van der Waals surface area contributed by atoms with Gasteiger partial charge in [0.15, 0.2) is 0 Å². The van der Waals surface area contributed by atoms with Crippen molar-refractivity contribution in [1.82, 2.24) is 0 Å². The van der Waals surface area contributed by atoms with Crippen LogP contribution in [0.5, 0.6) is 0 Å². The molecule has 0 saturated carbocycles. The fourth-order valence-corrected chi connectivity index (χ4v) is 1.97. The molecule has 0 saturated heterocycles. The molecule has 16 heavy (non-hydrogen) atoms. The van der Waals surface area contributed by atoms with Gasteiger partial charge in [-0.1, -0.05) is 12.1 Å². The van der Waals surface area contributed by atoms with E-state index in [0.29, 0.717) is 12.3 Å². The zero-order valence-corrected chi connectivity index (χ0v) is 10.8. The quantitative estimate of drug-likeness (QED) is 0.848. The van der Waals surface area contributed by atoms with Crippen LogP contribution in [0.2, 0.25) is 0 Å². The molecule has 0 amide bonds. The maximum Gasteiger partial charge on any atom is 0.129 e. The van der Waals surface area contributed by atoms with Gasteiger partial charge in [0.05, 0.1) is 6.54 Å². The number of aliphatic hydroxyl groups excluding tert-OH is 1. The summed E-state index contributed by atoms with van der Waals surface area (Å²) < 4.78 is 6.55. The SMILES string of the molecule is OCc1ccc(CNc2ccccc2I)o1. The number of para-hydroxylation sites is 1. The molecule has 0 unspecified atom stereocenters. The van der Waals surface area contributed by atoms with Crippen LogP contribution in [0.15, 0.2) is 40.8 Å². The number of halogens is 1. The fourth-order valence-electron chi connectivity index (χ4n) is 1.39. The number of hydrogen-bond acceptors (Lipinski definition) is 3. The lowest BCUT2D eigenvalue weighted by Crippen LogP contribution is -1.99. The summed E-state index contributed by atoms with van der Waals surface area (Å²) in [6.07, 6.45) is 0. The Balaban J connectivity index is 1.99. The minimum atomic E-state index is -0.0527. The van der Waals surface area contributed by atoms with Gasteiger partial charge in [-0.3, -0.25) is 0 Å². The van der Waals surface area contributed by atoms with Crippen molar-refractivity contribution in [2.75, 3.05) is 5.32 Å². The van der Waals surface area contributed by atoms with Gasteiger partial charge in [0.2, 0.25) is 0 Å². The molecule has 84 valence electrons. The average Bonchev–Trinajstić information content (AvgIpc) is 2.76. The molecule has 4 heteroatoms. The molecule has 0 bridgehead atoms. The van der Waals surface area contributed by atoms with Crippen molar-refractivity contribution in [3.8, 4) is 0 Å². The van der Waals surface area contributed by atoms with E-state index >= 15 is 0 Å². The highest BCUT2D eigenvalue weighted by Crippen LogP contribution is 2.18. The number of aliphatic hydroxyl groups is 1. The summed E-state index contributed by atoms with van der Waals surface area (Å²) in [6, 6.07) is 11.7. The van der Waals surface area contributed by atoms with Crippen LogP contribution in [0.4, 0.5) is 5.69 Å². The third-order valence-corrected chi connectivity index (χ3v) is 3.14. The van der Waals surface area contributed by atoms with Gasteiger partial charge in [-0.25, -0.2) is 0 Å². The van der Waals surface area contributed by atoms with E-state index in [0.717, 1.165) is 11.4 Å². The first-order chi connectivity index (χ1) is 7.79. The Morgan fingerprint density at radius 3 is 2.56 bits per heavy atom. The smallest absolute Gasteiger partial charge is 0.129 e. The second-order valence-electron chi connectivity index (χ2n) is 3.36. The summed E-state index contributed by atoms with van der Waals surface area (Å²) in [5, 5.41) is 12.1. The van der Waals surface area contributed by atoms with E-state index in [1.165, 1.54) is 3.57 Å². The van der Waals surface area contributed by atoms with E-state index in [2.05, 4.69) is 27.9 Å². The molecule has 1 aromatic heterocycles. The standard InChI is InChI=1S/C12H12INO2/c13-11-3-1-2-4-12(11)14-7-9-5-6-10(8-15)16-9/h1-6,14-15H,7-8H2. The van der Waals surface area contributed by atoms with Gasteiger partial charge in [0, 0.05) is 9.26 Å². The molecule has 2 N–H and O–H groups in total. The maximum absolute atomic E-state index is 8.86. The summed E-state index contributed by atoms with van der Waals surface area (Å²) in [5.41, 5.74) is 1.09. The molecule has 0 atom stereocenters. The Morgan fingerprint density at radius 2 is 1.88 bits per heavy atom. The van der Waals surface area contributed by atoms with Gasteiger partial charge in [0.25, 0.3) is 0 Å². The second kappa shape index (κ2) is 5.36. The van der Waals surface area contributed by atoms with Crippen molar-refractivity contribution in [3.63, 3.8) is 0 Å². The highest BCUT2D eigenvalue weighted by atomic mass is 127. The predicted octanol–water partition coefficient (Wildman–Crippen LogP) is 2.99. The number of anilines is 1. The first kappa shape index (κ1) is 11.5. The van der Waals surface area contributed by atoms with Gasteiger partial charge in [0.1, 0.15) is 18.1 Å². The van der Waals surface area contributed by atoms with Crippen LogP contribution in [-0.4, -0.2) is 5.11 Å². The number of hydrogen-bond donors (Lipinski definition) is 2. The number of rotatable bonds is 4. The Hall–Kier alpha value is -1.01. The zero-order valence-electron chi connectivity index (χ0n) is 8.61. The summed E-state index contributed by atoms with van der Waals surface area (Å²) in [5.74, 6) is 1.42. The lowest BCUT2D eigenvalue weighted by Gasteiger charge is -2.06. The van der Waals surface area contributed by atoms with Crippen LogP contribution in [0.25, 0.3) is 0 Å². The Kier molecular flexibility index (Phi) is 3.84. The van der Waals surface area contributed by atoms with Crippen molar-refractivity contribution in [1.29, 1.82) is 0 Å². The molecule has 0 aliphatic heterocycles. The molecule has 2 aromatic rings. The molecule has 1 aromatic carbocycles. The van der Waals surface area contributed by atoms with E-state index in [1.54, 1.807) is 6.07 Å². The summed E-state index contributed by atoms with van der Waals surface area (Å²) in [7, 11) is 0. The molecule has 0 aliphatic rings. The lowest BCUT2D eigenvalue weighted by atomic mass is 10.3. The lowest BCUT2D eigenvalue weighted by molar-refractivity contribution is 0.244. The molecule has 2 rings (SSSR count). The monoisotopic (exact) mass is 329 g/mol. The zero-order chi connectivity index (χ0) is 11.4. The molecule has 0 aliphatic carbocycles. The average molecular weight is 329 g/mol. The van der Waals surface area contributed by atoms with Crippen LogP contribution in [-0.2, 0) is 13.2 Å². The minimum absolute atomic E-state index is 0.0527. The van der Waals surface area contributed by atoms with E-state index in [9.17, 15) is 0 Å². The van der Waals surface area contributed by atoms with Gasteiger partial charge in [-0.15, -0.1) is 0 Å². The number of benzene rings is 1. The Bertz CT molecular complexity index is 468. The predicted molar refractivity (Wildman–Crippen MR) is 71.1 cm³/mol. The Labute approximate surface area is 108 Å². The van der Waals surface area contributed by atoms with Crippen LogP contribution >= 0.6 is 22.6 Å². The summed E-state index contributed by atoms with van der Waals surface area (Å²) in [6.45, 7) is 0.572. The normalized spacial score (nSPS) is 10.4. The molecule has 0 spiro atoms. The van der Waals surface area contributed by atoms with Crippen molar-refractivity contribution in [2.24, 2.45) is 0 Å². The second-order valence-corrected chi connectivity index (χ2v) is 4.52. The number of nitrogens with one attached hydrogen (secondary N) is 1. The van der Waals surface area contributed by atoms with Crippen molar-refractivity contribution < 1.29 is 9.52 Å². The van der Waals surface area contributed by atoms with Gasteiger partial charge >= 0.3 is 0 Å². The molecule has 0 fully saturated rings. The van der Waals surface area contributed by atoms with Crippen molar-refractivity contribution in [2.45, 2.75) is 13.2 Å². The summed E-state index contributed by atoms with van der Waals surface area (Å²) >= 11 is 2.28. The highest BCUT2D eigenvalue weighted by molar-refractivity contribution is 14.1. The van der Waals surface area contributed by atoms with Crippen molar-refractivity contribution in [3.05, 3.63) is 51.5 Å². The number of furan rings is 1. The van der Waals surface area contributed by atoms with Gasteiger partial charge in [-0.2, -0.15) is 0 Å². The fraction of sp³-hybridized carbons (Fsp3) is 0.167. The van der Waals surface area contributed by atoms with E-state index < -0.39 is 0 Å². The highest BCUT2D eigenvalue weighted by Gasteiger charge is 2.02. The molecular weight excluding hydrogens is 317 g/mol. The van der Waals surface area contributed by atoms with E-state index in [1.807, 2.05) is 30.3 Å². The third-order valence-electron chi connectivity index (χ3n) is 2.20. The maximum atomic E-state index is 8.86.